The number of aliphatic imine (C=N–C) groups is 1. The molecule has 0 spiro atoms. The zero-order valence-corrected chi connectivity index (χ0v) is 19.5. The number of hydrogen-bond acceptors (Lipinski definition) is 4. The molecule has 31 heavy (non-hydrogen) atoms. The molecule has 4 rings (SSSR count). The van der Waals surface area contributed by atoms with Crippen molar-refractivity contribution in [3.05, 3.63) is 103 Å². The van der Waals surface area contributed by atoms with Gasteiger partial charge in [-0.05, 0) is 86.3 Å². The molecule has 156 valence electrons. The third-order valence-corrected chi connectivity index (χ3v) is 5.66. The molecule has 0 saturated heterocycles. The van der Waals surface area contributed by atoms with Crippen molar-refractivity contribution in [2.45, 2.75) is 13.5 Å². The SMILES string of the molecule is Cc1cccc(COc2c(Br)cc(/C=C3\N=C(c4cccc(F)c4)OC3=O)cc2Br)c1. The second-order valence-corrected chi connectivity index (χ2v) is 8.65. The maximum Gasteiger partial charge on any atom is 0.363 e. The first-order valence-electron chi connectivity index (χ1n) is 9.35. The Bertz CT molecular complexity index is 1210. The van der Waals surface area contributed by atoms with Gasteiger partial charge in [0, 0.05) is 5.56 Å². The Hall–Kier alpha value is -2.77. The minimum Gasteiger partial charge on any atom is -0.487 e. The van der Waals surface area contributed by atoms with Crippen LogP contribution in [-0.4, -0.2) is 11.9 Å². The molecule has 0 atom stereocenters. The number of cyclic esters (lactones) is 1. The monoisotopic (exact) mass is 543 g/mol. The number of halogens is 3. The molecule has 1 heterocycles. The molecule has 0 radical (unpaired) electrons. The van der Waals surface area contributed by atoms with E-state index in [1.165, 1.54) is 23.8 Å². The maximum atomic E-state index is 13.4. The second-order valence-electron chi connectivity index (χ2n) is 6.94. The minimum absolute atomic E-state index is 0.0759. The smallest absolute Gasteiger partial charge is 0.363 e. The first kappa shape index (κ1) is 21.5. The normalized spacial score (nSPS) is 14.5. The topological polar surface area (TPSA) is 47.9 Å². The molecular formula is C24H16Br2FNO3. The molecule has 0 fully saturated rings. The van der Waals surface area contributed by atoms with Crippen LogP contribution in [0.4, 0.5) is 4.39 Å². The lowest BCUT2D eigenvalue weighted by Crippen LogP contribution is -2.05. The van der Waals surface area contributed by atoms with Crippen molar-refractivity contribution in [3.63, 3.8) is 0 Å². The predicted octanol–water partition coefficient (Wildman–Crippen LogP) is 6.58. The van der Waals surface area contributed by atoms with E-state index in [0.717, 1.165) is 20.1 Å². The molecule has 1 aliphatic heterocycles. The molecule has 4 nitrogen and oxygen atoms in total. The van der Waals surface area contributed by atoms with E-state index >= 15 is 0 Å². The molecule has 3 aromatic rings. The van der Waals surface area contributed by atoms with Crippen LogP contribution in [0.15, 0.2) is 80.3 Å². The fourth-order valence-electron chi connectivity index (χ4n) is 3.07. The number of carbonyl (C=O) groups excluding carboxylic acids is 1. The summed E-state index contributed by atoms with van der Waals surface area (Å²) in [6.07, 6.45) is 1.61. The van der Waals surface area contributed by atoms with Crippen LogP contribution in [0.1, 0.15) is 22.3 Å². The van der Waals surface area contributed by atoms with E-state index in [1.807, 2.05) is 37.3 Å². The number of esters is 1. The Morgan fingerprint density at radius 1 is 1.06 bits per heavy atom. The Kier molecular flexibility index (Phi) is 6.34. The second kappa shape index (κ2) is 9.16. The summed E-state index contributed by atoms with van der Waals surface area (Å²) in [4.78, 5) is 16.4. The van der Waals surface area contributed by atoms with Crippen molar-refractivity contribution in [2.75, 3.05) is 0 Å². The lowest BCUT2D eigenvalue weighted by molar-refractivity contribution is -0.129. The van der Waals surface area contributed by atoms with Gasteiger partial charge in [-0.1, -0.05) is 35.9 Å². The fourth-order valence-corrected chi connectivity index (χ4v) is 4.52. The van der Waals surface area contributed by atoms with Crippen molar-refractivity contribution in [1.29, 1.82) is 0 Å². The Morgan fingerprint density at radius 2 is 1.81 bits per heavy atom. The number of carbonyl (C=O) groups is 1. The van der Waals surface area contributed by atoms with Crippen molar-refractivity contribution in [1.82, 2.24) is 0 Å². The number of benzene rings is 3. The van der Waals surface area contributed by atoms with Crippen LogP contribution in [0, 0.1) is 12.7 Å². The van der Waals surface area contributed by atoms with E-state index in [0.29, 0.717) is 17.9 Å². The van der Waals surface area contributed by atoms with Gasteiger partial charge in [-0.25, -0.2) is 14.2 Å². The molecular weight excluding hydrogens is 529 g/mol. The highest BCUT2D eigenvalue weighted by Crippen LogP contribution is 2.36. The summed E-state index contributed by atoms with van der Waals surface area (Å²) in [6, 6.07) is 17.5. The first-order valence-corrected chi connectivity index (χ1v) is 10.9. The summed E-state index contributed by atoms with van der Waals surface area (Å²) in [7, 11) is 0. The number of aryl methyl sites for hydroxylation is 1. The molecule has 0 bridgehead atoms. The summed E-state index contributed by atoms with van der Waals surface area (Å²) in [5.74, 6) is -0.289. The van der Waals surface area contributed by atoms with Gasteiger partial charge in [0.15, 0.2) is 5.70 Å². The largest absolute Gasteiger partial charge is 0.487 e. The molecule has 1 aliphatic rings. The van der Waals surface area contributed by atoms with Crippen LogP contribution in [-0.2, 0) is 16.1 Å². The van der Waals surface area contributed by atoms with Crippen LogP contribution < -0.4 is 4.74 Å². The van der Waals surface area contributed by atoms with Gasteiger partial charge in [0.25, 0.3) is 0 Å². The summed E-state index contributed by atoms with van der Waals surface area (Å²) < 4.78 is 26.1. The van der Waals surface area contributed by atoms with Gasteiger partial charge >= 0.3 is 5.97 Å². The molecule has 0 aliphatic carbocycles. The molecule has 0 amide bonds. The maximum absolute atomic E-state index is 13.4. The minimum atomic E-state index is -0.591. The van der Waals surface area contributed by atoms with Gasteiger partial charge in [0.2, 0.25) is 5.90 Å². The van der Waals surface area contributed by atoms with Crippen LogP contribution in [0.2, 0.25) is 0 Å². The number of nitrogens with zero attached hydrogens (tertiary/aromatic N) is 1. The van der Waals surface area contributed by atoms with Gasteiger partial charge in [-0.2, -0.15) is 0 Å². The quantitative estimate of drug-likeness (QED) is 0.269. The lowest BCUT2D eigenvalue weighted by atomic mass is 10.1. The zero-order chi connectivity index (χ0) is 22.0. The van der Waals surface area contributed by atoms with Crippen molar-refractivity contribution < 1.29 is 18.7 Å². The molecule has 0 aromatic heterocycles. The molecule has 7 heteroatoms. The summed E-state index contributed by atoms with van der Waals surface area (Å²) in [6.45, 7) is 2.46. The predicted molar refractivity (Wildman–Crippen MR) is 124 cm³/mol. The van der Waals surface area contributed by atoms with Crippen molar-refractivity contribution in [3.8, 4) is 5.75 Å². The first-order chi connectivity index (χ1) is 14.9. The Labute approximate surface area is 195 Å². The highest BCUT2D eigenvalue weighted by molar-refractivity contribution is 9.11. The highest BCUT2D eigenvalue weighted by Gasteiger charge is 2.24. The van der Waals surface area contributed by atoms with Crippen LogP contribution in [0.5, 0.6) is 5.75 Å². The third-order valence-electron chi connectivity index (χ3n) is 4.48. The van der Waals surface area contributed by atoms with Crippen LogP contribution in [0.3, 0.4) is 0 Å². The van der Waals surface area contributed by atoms with Crippen molar-refractivity contribution >= 4 is 49.8 Å². The van der Waals surface area contributed by atoms with Gasteiger partial charge in [-0.15, -0.1) is 0 Å². The van der Waals surface area contributed by atoms with Crippen LogP contribution in [0.25, 0.3) is 6.08 Å². The van der Waals surface area contributed by atoms with E-state index in [2.05, 4.69) is 42.9 Å². The average Bonchev–Trinajstić information content (AvgIpc) is 3.08. The summed E-state index contributed by atoms with van der Waals surface area (Å²) >= 11 is 7.06. The van der Waals surface area contributed by atoms with Gasteiger partial charge in [-0.3, -0.25) is 0 Å². The van der Waals surface area contributed by atoms with Gasteiger partial charge < -0.3 is 9.47 Å². The lowest BCUT2D eigenvalue weighted by Gasteiger charge is -2.12. The number of rotatable bonds is 5. The zero-order valence-electron chi connectivity index (χ0n) is 16.4. The highest BCUT2D eigenvalue weighted by atomic mass is 79.9. The molecule has 0 N–H and O–H groups in total. The molecule has 0 unspecified atom stereocenters. The average molecular weight is 545 g/mol. The van der Waals surface area contributed by atoms with E-state index in [-0.39, 0.29) is 11.6 Å². The van der Waals surface area contributed by atoms with Crippen molar-refractivity contribution in [2.24, 2.45) is 4.99 Å². The number of hydrogen-bond donors (Lipinski definition) is 0. The third kappa shape index (κ3) is 5.11. The molecule has 0 saturated carbocycles. The van der Waals surface area contributed by atoms with Gasteiger partial charge in [0.05, 0.1) is 8.95 Å². The molecule has 3 aromatic carbocycles. The number of ether oxygens (including phenoxy) is 2. The van der Waals surface area contributed by atoms with E-state index in [4.69, 9.17) is 9.47 Å². The van der Waals surface area contributed by atoms with Gasteiger partial charge in [0.1, 0.15) is 18.2 Å². The van der Waals surface area contributed by atoms with Crippen LogP contribution >= 0.6 is 31.9 Å². The Balaban J connectivity index is 1.56. The fraction of sp³-hybridized carbons (Fsp3) is 0.0833. The standard InChI is InChI=1S/C24H16Br2FNO3/c1-14-4-2-5-15(8-14)13-30-22-19(25)9-16(10-20(22)26)11-21-24(29)31-23(28-21)17-6-3-7-18(27)12-17/h2-12H,13H2,1H3/b21-11-. The van der Waals surface area contributed by atoms with E-state index in [1.54, 1.807) is 12.1 Å². The van der Waals surface area contributed by atoms with E-state index in [9.17, 15) is 9.18 Å². The summed E-state index contributed by atoms with van der Waals surface area (Å²) in [5, 5.41) is 0. The van der Waals surface area contributed by atoms with E-state index < -0.39 is 11.8 Å². The summed E-state index contributed by atoms with van der Waals surface area (Å²) in [5.41, 5.74) is 3.49. The Morgan fingerprint density at radius 3 is 2.52 bits per heavy atom.